The molecule has 0 unspecified atom stereocenters. The Bertz CT molecular complexity index is 1340. The van der Waals surface area contributed by atoms with Crippen molar-refractivity contribution in [3.63, 3.8) is 0 Å². The van der Waals surface area contributed by atoms with Crippen LogP contribution in [0.1, 0.15) is 23.0 Å². The summed E-state index contributed by atoms with van der Waals surface area (Å²) in [5.41, 5.74) is -0.502. The van der Waals surface area contributed by atoms with Crippen LogP contribution in [0.4, 0.5) is 32.2 Å². The lowest BCUT2D eigenvalue weighted by atomic mass is 10.0. The van der Waals surface area contributed by atoms with Gasteiger partial charge in [0.2, 0.25) is 5.28 Å². The predicted molar refractivity (Wildman–Crippen MR) is 112 cm³/mol. The highest BCUT2D eigenvalue weighted by Crippen LogP contribution is 2.40. The Morgan fingerprint density at radius 2 is 1.65 bits per heavy atom. The number of alkyl halides is 6. The fraction of sp³-hybridized carbons (Fsp3) is 0.300. The first-order valence-electron chi connectivity index (χ1n) is 9.66. The molecule has 1 atom stereocenters. The first-order valence-corrected chi connectivity index (χ1v) is 10.0. The Labute approximate surface area is 193 Å². The van der Waals surface area contributed by atoms with Crippen LogP contribution in [0.3, 0.4) is 0 Å². The Morgan fingerprint density at radius 1 is 1.00 bits per heavy atom. The van der Waals surface area contributed by atoms with Gasteiger partial charge in [0.05, 0.1) is 11.9 Å². The van der Waals surface area contributed by atoms with E-state index in [4.69, 9.17) is 11.6 Å². The normalized spacial score (nSPS) is 13.5. The molecular formula is C20H16ClF6N7. The van der Waals surface area contributed by atoms with Crippen LogP contribution in [-0.4, -0.2) is 42.8 Å². The zero-order chi connectivity index (χ0) is 25.0. The maximum absolute atomic E-state index is 14.2. The number of nitrogens with zero attached hydrogens (tertiary/aromatic N) is 7. The zero-order valence-electron chi connectivity index (χ0n) is 17.8. The van der Waals surface area contributed by atoms with E-state index in [1.807, 2.05) is 0 Å². The van der Waals surface area contributed by atoms with E-state index >= 15 is 0 Å². The maximum Gasteiger partial charge on any atom is 0.435 e. The van der Waals surface area contributed by atoms with Crippen LogP contribution in [0.5, 0.6) is 0 Å². The quantitative estimate of drug-likeness (QED) is 0.280. The van der Waals surface area contributed by atoms with Gasteiger partial charge in [0, 0.05) is 19.8 Å². The molecular weight excluding hydrogens is 488 g/mol. The molecule has 7 nitrogen and oxygen atoms in total. The average Bonchev–Trinajstić information content (AvgIpc) is 3.28. The molecule has 0 spiro atoms. The van der Waals surface area contributed by atoms with Crippen molar-refractivity contribution in [1.29, 1.82) is 0 Å². The third-order valence-corrected chi connectivity index (χ3v) is 5.26. The molecule has 0 radical (unpaired) electrons. The SMILES string of the molecule is Cc1cc(C(F)(F)F)nn1-c1ccc([C@@H](N(C)c2nc(Cl)nc3cn(C)nc23)C(F)(F)F)cc1. The van der Waals surface area contributed by atoms with Gasteiger partial charge in [-0.1, -0.05) is 12.1 Å². The second-order valence-corrected chi connectivity index (χ2v) is 7.92. The van der Waals surface area contributed by atoms with E-state index in [0.717, 1.165) is 15.6 Å². The Morgan fingerprint density at radius 3 is 2.21 bits per heavy atom. The van der Waals surface area contributed by atoms with E-state index in [1.54, 1.807) is 7.05 Å². The number of halogens is 7. The Hall–Kier alpha value is -3.35. The van der Waals surface area contributed by atoms with Crippen molar-refractivity contribution in [2.45, 2.75) is 25.3 Å². The number of fused-ring (bicyclic) bond motifs is 1. The van der Waals surface area contributed by atoms with Crippen molar-refractivity contribution >= 4 is 28.5 Å². The molecule has 0 fully saturated rings. The maximum atomic E-state index is 14.2. The number of hydrogen-bond donors (Lipinski definition) is 0. The van der Waals surface area contributed by atoms with E-state index in [2.05, 4.69) is 20.2 Å². The molecule has 4 rings (SSSR count). The highest BCUT2D eigenvalue weighted by molar-refractivity contribution is 6.28. The lowest BCUT2D eigenvalue weighted by Crippen LogP contribution is -2.36. The van der Waals surface area contributed by atoms with Gasteiger partial charge in [0.25, 0.3) is 0 Å². The molecule has 3 aromatic heterocycles. The smallest absolute Gasteiger partial charge is 0.342 e. The van der Waals surface area contributed by atoms with Crippen LogP contribution >= 0.6 is 11.6 Å². The van der Waals surface area contributed by atoms with Gasteiger partial charge in [-0.3, -0.25) is 4.68 Å². The molecule has 0 saturated heterocycles. The minimum Gasteiger partial charge on any atom is -0.342 e. The lowest BCUT2D eigenvalue weighted by molar-refractivity contribution is -0.149. The Balaban J connectivity index is 1.75. The third kappa shape index (κ3) is 4.39. The molecule has 0 saturated carbocycles. The van der Waals surface area contributed by atoms with Gasteiger partial charge in [-0.25, -0.2) is 9.67 Å². The zero-order valence-corrected chi connectivity index (χ0v) is 18.6. The van der Waals surface area contributed by atoms with E-state index in [9.17, 15) is 26.3 Å². The second-order valence-electron chi connectivity index (χ2n) is 7.58. The number of anilines is 1. The van der Waals surface area contributed by atoms with Crippen LogP contribution in [-0.2, 0) is 13.2 Å². The summed E-state index contributed by atoms with van der Waals surface area (Å²) in [7, 11) is 2.78. The molecule has 4 aromatic rings. The monoisotopic (exact) mass is 503 g/mol. The predicted octanol–water partition coefficient (Wildman–Crippen LogP) is 5.27. The topological polar surface area (TPSA) is 64.7 Å². The van der Waals surface area contributed by atoms with Crippen molar-refractivity contribution < 1.29 is 26.3 Å². The standard InChI is InChI=1S/C20H16ClF6N7/c1-10-8-14(19(22,23)24)30-34(10)12-6-4-11(5-7-12)16(20(25,26)27)33(3)17-15-13(9-32(2)31-15)28-18(21)29-17/h4-9,16H,1-3H3/t16-/m1/s1. The van der Waals surface area contributed by atoms with E-state index in [0.29, 0.717) is 0 Å². The molecule has 0 aliphatic rings. The molecule has 34 heavy (non-hydrogen) atoms. The van der Waals surface area contributed by atoms with E-state index in [1.165, 1.54) is 49.1 Å². The van der Waals surface area contributed by atoms with Gasteiger partial charge in [0.1, 0.15) is 5.52 Å². The number of aromatic nitrogens is 6. The molecule has 0 N–H and O–H groups in total. The summed E-state index contributed by atoms with van der Waals surface area (Å²) in [6, 6.07) is 3.60. The lowest BCUT2D eigenvalue weighted by Gasteiger charge is -2.31. The van der Waals surface area contributed by atoms with E-state index < -0.39 is 24.1 Å². The number of hydrogen-bond acceptors (Lipinski definition) is 5. The number of rotatable bonds is 4. The van der Waals surface area contributed by atoms with Crippen molar-refractivity contribution in [3.8, 4) is 5.69 Å². The Kier molecular flexibility index (Phi) is 5.70. The van der Waals surface area contributed by atoms with Crippen molar-refractivity contribution in [2.75, 3.05) is 11.9 Å². The van der Waals surface area contributed by atoms with Gasteiger partial charge in [-0.15, -0.1) is 0 Å². The number of benzene rings is 1. The molecule has 14 heteroatoms. The minimum absolute atomic E-state index is 0.125. The van der Waals surface area contributed by atoms with E-state index in [-0.39, 0.29) is 39.1 Å². The molecule has 3 heterocycles. The van der Waals surface area contributed by atoms with Gasteiger partial charge in [-0.2, -0.15) is 41.5 Å². The first kappa shape index (κ1) is 23.8. The van der Waals surface area contributed by atoms with Crippen LogP contribution < -0.4 is 4.90 Å². The summed E-state index contributed by atoms with van der Waals surface area (Å²) < 4.78 is 83.8. The summed E-state index contributed by atoms with van der Waals surface area (Å²) in [6.07, 6.45) is -7.88. The van der Waals surface area contributed by atoms with Gasteiger partial charge in [-0.05, 0) is 42.3 Å². The summed E-state index contributed by atoms with van der Waals surface area (Å²) in [6.45, 7) is 1.42. The molecule has 0 aliphatic heterocycles. The first-order chi connectivity index (χ1) is 15.8. The largest absolute Gasteiger partial charge is 0.435 e. The van der Waals surface area contributed by atoms with Gasteiger partial charge in [0.15, 0.2) is 23.1 Å². The summed E-state index contributed by atoms with van der Waals surface area (Å²) in [5, 5.41) is 7.42. The average molecular weight is 504 g/mol. The van der Waals surface area contributed by atoms with Crippen LogP contribution in [0.15, 0.2) is 36.5 Å². The molecule has 180 valence electrons. The van der Waals surface area contributed by atoms with Crippen LogP contribution in [0, 0.1) is 6.92 Å². The second kappa shape index (κ2) is 8.15. The van der Waals surface area contributed by atoms with Crippen molar-refractivity contribution in [2.24, 2.45) is 7.05 Å². The summed E-state index contributed by atoms with van der Waals surface area (Å²) in [5.74, 6) is -0.125. The molecule has 1 aromatic carbocycles. The summed E-state index contributed by atoms with van der Waals surface area (Å²) in [4.78, 5) is 8.83. The van der Waals surface area contributed by atoms with Gasteiger partial charge >= 0.3 is 12.4 Å². The fourth-order valence-corrected chi connectivity index (χ4v) is 3.83. The van der Waals surface area contributed by atoms with Crippen molar-refractivity contribution in [1.82, 2.24) is 29.5 Å². The highest BCUT2D eigenvalue weighted by Gasteiger charge is 2.45. The third-order valence-electron chi connectivity index (χ3n) is 5.09. The highest BCUT2D eigenvalue weighted by atomic mass is 35.5. The minimum atomic E-state index is -4.74. The summed E-state index contributed by atoms with van der Waals surface area (Å²) >= 11 is 5.92. The van der Waals surface area contributed by atoms with Gasteiger partial charge < -0.3 is 4.90 Å². The molecule has 0 amide bonds. The van der Waals surface area contributed by atoms with Crippen LogP contribution in [0.25, 0.3) is 16.7 Å². The number of aryl methyl sites for hydroxylation is 2. The van der Waals surface area contributed by atoms with Crippen LogP contribution in [0.2, 0.25) is 5.28 Å². The fourth-order valence-electron chi connectivity index (χ4n) is 3.65. The molecule has 0 bridgehead atoms. The molecule has 0 aliphatic carbocycles. The van der Waals surface area contributed by atoms with Crippen molar-refractivity contribution in [3.05, 3.63) is 58.8 Å².